The van der Waals surface area contributed by atoms with Gasteiger partial charge in [-0.15, -0.1) is 0 Å². The standard InChI is InChI=1S/C13H21ClN4O/c1-15-13-17-9-11(14)12(18-13)16-7-8-19-10-5-3-2-4-6-10/h9-10H,2-8H2,1H3,(H2,15,16,17,18). The van der Waals surface area contributed by atoms with Crippen LogP contribution >= 0.6 is 11.6 Å². The summed E-state index contributed by atoms with van der Waals surface area (Å²) in [5.74, 6) is 1.20. The summed E-state index contributed by atoms with van der Waals surface area (Å²) in [6.45, 7) is 1.39. The molecule has 1 aliphatic rings. The van der Waals surface area contributed by atoms with Gasteiger partial charge < -0.3 is 15.4 Å². The third kappa shape index (κ3) is 4.51. The highest BCUT2D eigenvalue weighted by molar-refractivity contribution is 6.32. The average molecular weight is 285 g/mol. The molecule has 0 amide bonds. The normalized spacial score (nSPS) is 16.3. The SMILES string of the molecule is CNc1ncc(Cl)c(NCCOC2CCCCC2)n1. The van der Waals surface area contributed by atoms with Crippen molar-refractivity contribution < 1.29 is 4.74 Å². The molecule has 0 aliphatic heterocycles. The van der Waals surface area contributed by atoms with Gasteiger partial charge in [0, 0.05) is 13.6 Å². The second-order valence-corrected chi connectivity index (χ2v) is 5.10. The Hall–Kier alpha value is -1.07. The van der Waals surface area contributed by atoms with E-state index in [1.807, 2.05) is 0 Å². The lowest BCUT2D eigenvalue weighted by molar-refractivity contribution is 0.0347. The van der Waals surface area contributed by atoms with Gasteiger partial charge in [-0.3, -0.25) is 0 Å². The molecule has 19 heavy (non-hydrogen) atoms. The van der Waals surface area contributed by atoms with Crippen LogP contribution < -0.4 is 10.6 Å². The fourth-order valence-electron chi connectivity index (χ4n) is 2.24. The van der Waals surface area contributed by atoms with Crippen LogP contribution in [-0.4, -0.2) is 36.3 Å². The third-order valence-corrected chi connectivity index (χ3v) is 3.54. The van der Waals surface area contributed by atoms with E-state index in [0.717, 1.165) is 0 Å². The number of anilines is 2. The maximum atomic E-state index is 6.02. The smallest absolute Gasteiger partial charge is 0.224 e. The molecule has 0 bridgehead atoms. The van der Waals surface area contributed by atoms with Gasteiger partial charge in [-0.25, -0.2) is 4.98 Å². The van der Waals surface area contributed by atoms with Crippen molar-refractivity contribution in [2.24, 2.45) is 0 Å². The lowest BCUT2D eigenvalue weighted by atomic mass is 9.98. The van der Waals surface area contributed by atoms with Crippen molar-refractivity contribution in [2.45, 2.75) is 38.2 Å². The van der Waals surface area contributed by atoms with Crippen LogP contribution in [0.15, 0.2) is 6.20 Å². The molecule has 0 unspecified atom stereocenters. The van der Waals surface area contributed by atoms with Crippen molar-refractivity contribution in [1.29, 1.82) is 0 Å². The maximum Gasteiger partial charge on any atom is 0.224 e. The van der Waals surface area contributed by atoms with E-state index >= 15 is 0 Å². The van der Waals surface area contributed by atoms with Crippen molar-refractivity contribution in [3.63, 3.8) is 0 Å². The molecule has 2 rings (SSSR count). The second kappa shape index (κ2) is 7.50. The van der Waals surface area contributed by atoms with Crippen LogP contribution in [0.1, 0.15) is 32.1 Å². The zero-order valence-corrected chi connectivity index (χ0v) is 12.0. The molecule has 0 saturated heterocycles. The van der Waals surface area contributed by atoms with Crippen LogP contribution in [0.3, 0.4) is 0 Å². The Labute approximate surface area is 119 Å². The van der Waals surface area contributed by atoms with Crippen LogP contribution in [0.5, 0.6) is 0 Å². The van der Waals surface area contributed by atoms with Gasteiger partial charge in [0.25, 0.3) is 0 Å². The Morgan fingerprint density at radius 3 is 2.89 bits per heavy atom. The summed E-state index contributed by atoms with van der Waals surface area (Å²) >= 11 is 6.02. The zero-order valence-electron chi connectivity index (χ0n) is 11.3. The number of halogens is 1. The first-order valence-electron chi connectivity index (χ1n) is 6.85. The van der Waals surface area contributed by atoms with Crippen molar-refractivity contribution in [3.05, 3.63) is 11.2 Å². The number of ether oxygens (including phenoxy) is 1. The molecule has 2 N–H and O–H groups in total. The van der Waals surface area contributed by atoms with E-state index < -0.39 is 0 Å². The van der Waals surface area contributed by atoms with E-state index in [1.165, 1.54) is 32.1 Å². The number of rotatable bonds is 6. The molecular weight excluding hydrogens is 264 g/mol. The summed E-state index contributed by atoms with van der Waals surface area (Å²) in [7, 11) is 1.78. The van der Waals surface area contributed by atoms with Crippen molar-refractivity contribution in [2.75, 3.05) is 30.8 Å². The Morgan fingerprint density at radius 1 is 1.37 bits per heavy atom. The molecule has 1 saturated carbocycles. The maximum absolute atomic E-state index is 6.02. The van der Waals surface area contributed by atoms with Crippen molar-refractivity contribution in [1.82, 2.24) is 9.97 Å². The number of hydrogen-bond donors (Lipinski definition) is 2. The fourth-order valence-corrected chi connectivity index (χ4v) is 2.40. The molecule has 0 spiro atoms. The quantitative estimate of drug-likeness (QED) is 0.787. The number of nitrogens with zero attached hydrogens (tertiary/aromatic N) is 2. The molecule has 0 atom stereocenters. The second-order valence-electron chi connectivity index (χ2n) is 4.70. The number of nitrogens with one attached hydrogen (secondary N) is 2. The van der Waals surface area contributed by atoms with Gasteiger partial charge in [0.1, 0.15) is 5.02 Å². The van der Waals surface area contributed by atoms with Crippen LogP contribution in [0.2, 0.25) is 5.02 Å². The Balaban J connectivity index is 1.72. The number of hydrogen-bond acceptors (Lipinski definition) is 5. The van der Waals surface area contributed by atoms with Crippen LogP contribution in [-0.2, 0) is 4.74 Å². The van der Waals surface area contributed by atoms with Crippen molar-refractivity contribution >= 4 is 23.4 Å². The van der Waals surface area contributed by atoms with Gasteiger partial charge in [-0.1, -0.05) is 30.9 Å². The van der Waals surface area contributed by atoms with Gasteiger partial charge in [0.05, 0.1) is 18.9 Å². The highest BCUT2D eigenvalue weighted by Crippen LogP contribution is 2.21. The van der Waals surface area contributed by atoms with E-state index in [4.69, 9.17) is 16.3 Å². The highest BCUT2D eigenvalue weighted by atomic mass is 35.5. The zero-order chi connectivity index (χ0) is 13.5. The highest BCUT2D eigenvalue weighted by Gasteiger charge is 2.13. The van der Waals surface area contributed by atoms with Crippen LogP contribution in [0, 0.1) is 0 Å². The Kier molecular flexibility index (Phi) is 5.66. The minimum atomic E-state index is 0.435. The van der Waals surface area contributed by atoms with E-state index in [1.54, 1.807) is 13.2 Å². The third-order valence-electron chi connectivity index (χ3n) is 3.27. The fraction of sp³-hybridized carbons (Fsp3) is 0.692. The molecule has 1 aliphatic carbocycles. The monoisotopic (exact) mass is 284 g/mol. The average Bonchev–Trinajstić information content (AvgIpc) is 2.46. The van der Waals surface area contributed by atoms with Gasteiger partial charge in [-0.2, -0.15) is 4.98 Å². The first-order chi connectivity index (χ1) is 9.29. The summed E-state index contributed by atoms with van der Waals surface area (Å²) in [6, 6.07) is 0. The lowest BCUT2D eigenvalue weighted by Crippen LogP contribution is -2.20. The molecule has 106 valence electrons. The topological polar surface area (TPSA) is 59.1 Å². The summed E-state index contributed by atoms with van der Waals surface area (Å²) in [5.41, 5.74) is 0. The molecular formula is C13H21ClN4O. The molecule has 1 aromatic rings. The van der Waals surface area contributed by atoms with E-state index in [9.17, 15) is 0 Å². The molecule has 1 aromatic heterocycles. The summed E-state index contributed by atoms with van der Waals surface area (Å²) in [4.78, 5) is 8.29. The Bertz CT molecular complexity index is 396. The minimum absolute atomic E-state index is 0.435. The van der Waals surface area contributed by atoms with E-state index in [0.29, 0.717) is 36.0 Å². The van der Waals surface area contributed by atoms with E-state index in [-0.39, 0.29) is 0 Å². The van der Waals surface area contributed by atoms with Crippen LogP contribution in [0.25, 0.3) is 0 Å². The summed E-state index contributed by atoms with van der Waals surface area (Å²) in [5, 5.41) is 6.59. The van der Waals surface area contributed by atoms with Crippen molar-refractivity contribution in [3.8, 4) is 0 Å². The van der Waals surface area contributed by atoms with Gasteiger partial charge >= 0.3 is 0 Å². The molecule has 6 heteroatoms. The first-order valence-corrected chi connectivity index (χ1v) is 7.23. The predicted octanol–water partition coefficient (Wildman–Crippen LogP) is 2.93. The largest absolute Gasteiger partial charge is 0.376 e. The molecule has 1 heterocycles. The lowest BCUT2D eigenvalue weighted by Gasteiger charge is -2.22. The molecule has 1 fully saturated rings. The first kappa shape index (κ1) is 14.3. The summed E-state index contributed by atoms with van der Waals surface area (Å²) in [6.07, 6.45) is 8.34. The van der Waals surface area contributed by atoms with Gasteiger partial charge in [0.2, 0.25) is 5.95 Å². The van der Waals surface area contributed by atoms with Gasteiger partial charge in [-0.05, 0) is 12.8 Å². The molecule has 5 nitrogen and oxygen atoms in total. The predicted molar refractivity (Wildman–Crippen MR) is 77.9 cm³/mol. The van der Waals surface area contributed by atoms with Crippen LogP contribution in [0.4, 0.5) is 11.8 Å². The molecule has 0 aromatic carbocycles. The molecule has 0 radical (unpaired) electrons. The van der Waals surface area contributed by atoms with E-state index in [2.05, 4.69) is 20.6 Å². The number of aromatic nitrogens is 2. The summed E-state index contributed by atoms with van der Waals surface area (Å²) < 4.78 is 5.84. The minimum Gasteiger partial charge on any atom is -0.376 e. The van der Waals surface area contributed by atoms with Gasteiger partial charge in [0.15, 0.2) is 5.82 Å². The Morgan fingerprint density at radius 2 is 2.16 bits per heavy atom.